The molecule has 9 nitrogen and oxygen atoms in total. The van der Waals surface area contributed by atoms with E-state index in [0.717, 1.165) is 23.4 Å². The zero-order valence-corrected chi connectivity index (χ0v) is 31.2. The molecule has 0 spiro atoms. The van der Waals surface area contributed by atoms with Crippen LogP contribution in [0, 0.1) is 0 Å². The molecule has 48 heavy (non-hydrogen) atoms. The lowest BCUT2D eigenvalue weighted by Crippen LogP contribution is -2.30. The summed E-state index contributed by atoms with van der Waals surface area (Å²) in [5, 5.41) is -0.144. The summed E-state index contributed by atoms with van der Waals surface area (Å²) in [5.41, 5.74) is 3.58. The molecule has 1 aromatic carbocycles. The summed E-state index contributed by atoms with van der Waals surface area (Å²) in [7, 11) is -4.61. The van der Waals surface area contributed by atoms with Crippen molar-refractivity contribution in [3.05, 3.63) is 40.9 Å². The molecule has 2 aromatic heterocycles. The van der Waals surface area contributed by atoms with Gasteiger partial charge in [0.15, 0.2) is 5.65 Å². The van der Waals surface area contributed by atoms with Crippen LogP contribution >= 0.6 is 11.6 Å². The molecule has 1 aliphatic rings. The van der Waals surface area contributed by atoms with Crippen LogP contribution in [0.15, 0.2) is 34.7 Å². The molecule has 0 aliphatic heterocycles. The first-order valence-corrected chi connectivity index (χ1v) is 22.3. The minimum Gasteiger partial charge on any atom is -0.459 e. The van der Waals surface area contributed by atoms with E-state index in [1.807, 2.05) is 49.6 Å². The number of ether oxygens (including phenoxy) is 3. The summed E-state index contributed by atoms with van der Waals surface area (Å²) >= 11 is 6.76. The number of nitrogens with zero attached hydrogens (tertiary/aromatic N) is 4. The summed E-state index contributed by atoms with van der Waals surface area (Å²) in [5.74, 6) is -2.16. The average molecular weight is 731 g/mol. The third kappa shape index (κ3) is 9.80. The van der Waals surface area contributed by atoms with Gasteiger partial charge in [0.25, 0.3) is 0 Å². The van der Waals surface area contributed by atoms with E-state index < -0.39 is 35.1 Å². The lowest BCUT2D eigenvalue weighted by atomic mass is 9.83. The molecule has 3 atom stereocenters. The molecule has 4 rings (SSSR count). The maximum absolute atomic E-state index is 12.9. The Balaban J connectivity index is 1.55. The van der Waals surface area contributed by atoms with Crippen LogP contribution in [0.25, 0.3) is 22.4 Å². The molecule has 15 heteroatoms. The Morgan fingerprint density at radius 1 is 1.10 bits per heavy atom. The minimum atomic E-state index is -5.13. The molecule has 0 radical (unpaired) electrons. The minimum absolute atomic E-state index is 0.130. The van der Waals surface area contributed by atoms with E-state index in [1.165, 1.54) is 0 Å². The number of benzene rings is 1. The molecule has 2 heterocycles. The quantitative estimate of drug-likeness (QED) is 0.128. The first-order chi connectivity index (χ1) is 22.4. The second-order valence-electron chi connectivity index (χ2n) is 13.7. The van der Waals surface area contributed by atoms with Crippen molar-refractivity contribution >= 4 is 46.5 Å². The highest BCUT2D eigenvalue weighted by Crippen LogP contribution is 2.38. The lowest BCUT2D eigenvalue weighted by molar-refractivity contribution is -0.169. The fourth-order valence-electron chi connectivity index (χ4n) is 5.65. The van der Waals surface area contributed by atoms with Crippen molar-refractivity contribution in [2.24, 2.45) is 4.36 Å². The van der Waals surface area contributed by atoms with Crippen molar-refractivity contribution in [2.45, 2.75) is 108 Å². The zero-order chi connectivity index (χ0) is 35.4. The summed E-state index contributed by atoms with van der Waals surface area (Å²) in [4.78, 5) is 21.0. The third-order valence-corrected chi connectivity index (χ3v) is 12.9. The number of rotatable bonds is 13. The van der Waals surface area contributed by atoms with E-state index >= 15 is 0 Å². The van der Waals surface area contributed by atoms with Crippen molar-refractivity contribution in [3.63, 3.8) is 0 Å². The van der Waals surface area contributed by atoms with Crippen molar-refractivity contribution in [3.8, 4) is 17.3 Å². The van der Waals surface area contributed by atoms with E-state index in [-0.39, 0.29) is 24.9 Å². The maximum atomic E-state index is 12.9. The Hall–Kier alpha value is -2.52. The second kappa shape index (κ2) is 15.6. The SMILES string of the molecule is CCO[C@@H](C)[C@@H](C)Oc1nc2cc(Cl)c(-c3ccc([C@H]4CC[C@@H](S(C)(=O)=NC(=O)C(F)(F)F)CC4)cc3)nc2n1COCC[Si](C)(C)C. The molecule has 0 bridgehead atoms. The smallest absolute Gasteiger partial charge is 0.459 e. The number of halogens is 4. The van der Waals surface area contributed by atoms with Crippen LogP contribution in [-0.2, 0) is 30.7 Å². The molecule has 1 saturated carbocycles. The van der Waals surface area contributed by atoms with Crippen molar-refractivity contribution in [2.75, 3.05) is 19.5 Å². The number of fused-ring (bicyclic) bond motifs is 1. The number of alkyl halides is 3. The maximum Gasteiger partial charge on any atom is 0.474 e. The molecule has 266 valence electrons. The molecular weight excluding hydrogens is 685 g/mol. The number of carbonyl (C=O) groups excluding carboxylic acids is 1. The predicted octanol–water partition coefficient (Wildman–Crippen LogP) is 8.47. The topological polar surface area (TPSA) is 105 Å². The largest absolute Gasteiger partial charge is 0.474 e. The van der Waals surface area contributed by atoms with E-state index in [2.05, 4.69) is 24.0 Å². The Bertz CT molecular complexity index is 1700. The van der Waals surface area contributed by atoms with Gasteiger partial charge in [-0.2, -0.15) is 22.5 Å². The standard InChI is InChI=1S/C33H46ClF3N4O5SSi/c1-8-45-21(2)22(3)46-32-38-28-19-27(34)29(39-30(28)41(32)20-44-17-18-48(5,6)7)25-11-9-23(10-12-25)24-13-15-26(16-14-24)47(4,43)40-31(42)33(35,36)37/h9-12,19,21-22,24,26H,8,13-18,20H2,1-7H3/t21-,22+,24-,26+,47?/m0/s1. The number of pyridine rings is 1. The van der Waals surface area contributed by atoms with Gasteiger partial charge < -0.3 is 14.2 Å². The van der Waals surface area contributed by atoms with Crippen LogP contribution in [0.3, 0.4) is 0 Å². The molecule has 0 N–H and O–H groups in total. The highest BCUT2D eigenvalue weighted by atomic mass is 35.5. The van der Waals surface area contributed by atoms with Gasteiger partial charge in [0.05, 0.1) is 26.5 Å². The van der Waals surface area contributed by atoms with E-state index in [1.54, 1.807) is 6.07 Å². The highest BCUT2D eigenvalue weighted by molar-refractivity contribution is 7.93. The summed E-state index contributed by atoms with van der Waals surface area (Å²) in [6.45, 7) is 14.1. The van der Waals surface area contributed by atoms with Gasteiger partial charge in [-0.3, -0.25) is 9.36 Å². The number of imidazole rings is 1. The zero-order valence-electron chi connectivity index (χ0n) is 28.6. The van der Waals surface area contributed by atoms with Crippen LogP contribution in [0.4, 0.5) is 13.2 Å². The molecule has 1 fully saturated rings. The fourth-order valence-corrected chi connectivity index (χ4v) is 8.39. The molecule has 1 aliphatic carbocycles. The number of hydrogen-bond acceptors (Lipinski definition) is 7. The molecule has 3 aromatic rings. The van der Waals surface area contributed by atoms with Crippen LogP contribution in [0.5, 0.6) is 6.01 Å². The second-order valence-corrected chi connectivity index (χ2v) is 22.3. The van der Waals surface area contributed by atoms with E-state index in [9.17, 15) is 22.2 Å². The summed E-state index contributed by atoms with van der Waals surface area (Å²) in [6.07, 6.45) is -2.35. The Kier molecular flexibility index (Phi) is 12.4. The van der Waals surface area contributed by atoms with Gasteiger partial charge in [0.2, 0.25) is 0 Å². The van der Waals surface area contributed by atoms with Crippen LogP contribution in [-0.4, -0.2) is 75.8 Å². The fraction of sp³-hybridized carbons (Fsp3) is 0.606. The number of amides is 1. The van der Waals surface area contributed by atoms with E-state index in [4.69, 9.17) is 35.8 Å². The molecule has 1 amide bonds. The Labute approximate surface area is 287 Å². The Morgan fingerprint density at radius 3 is 2.33 bits per heavy atom. The van der Waals surface area contributed by atoms with Gasteiger partial charge in [-0.15, -0.1) is 0 Å². The predicted molar refractivity (Wildman–Crippen MR) is 186 cm³/mol. The summed E-state index contributed by atoms with van der Waals surface area (Å²) in [6, 6.07) is 11.0. The van der Waals surface area contributed by atoms with Gasteiger partial charge in [-0.25, -0.2) is 9.19 Å². The van der Waals surface area contributed by atoms with Gasteiger partial charge >= 0.3 is 18.1 Å². The molecular formula is C33H46ClF3N4O5SSi. The number of carbonyl (C=O) groups is 1. The van der Waals surface area contributed by atoms with Crippen LogP contribution in [0.1, 0.15) is 57.9 Å². The van der Waals surface area contributed by atoms with Crippen molar-refractivity contribution in [1.82, 2.24) is 14.5 Å². The molecule has 1 unspecified atom stereocenters. The average Bonchev–Trinajstić information content (AvgIpc) is 3.33. The summed E-state index contributed by atoms with van der Waals surface area (Å²) < 4.78 is 74.0. The Morgan fingerprint density at radius 2 is 1.75 bits per heavy atom. The van der Waals surface area contributed by atoms with Crippen molar-refractivity contribution < 1.29 is 36.4 Å². The number of aromatic nitrogens is 3. The van der Waals surface area contributed by atoms with Crippen molar-refractivity contribution in [1.29, 1.82) is 0 Å². The van der Waals surface area contributed by atoms with Gasteiger partial charge in [-0.05, 0) is 70.0 Å². The number of hydrogen-bond donors (Lipinski definition) is 0. The monoisotopic (exact) mass is 730 g/mol. The third-order valence-electron chi connectivity index (χ3n) is 8.69. The first kappa shape index (κ1) is 38.3. The normalized spacial score (nSPS) is 19.9. The van der Waals surface area contributed by atoms with Gasteiger partial charge in [0, 0.05) is 38.4 Å². The van der Waals surface area contributed by atoms with E-state index in [0.29, 0.717) is 66.8 Å². The van der Waals surface area contributed by atoms with Gasteiger partial charge in [0.1, 0.15) is 18.4 Å². The van der Waals surface area contributed by atoms with Gasteiger partial charge in [-0.1, -0.05) is 55.5 Å². The molecule has 0 saturated heterocycles. The van der Waals surface area contributed by atoms with Crippen LogP contribution in [0.2, 0.25) is 30.7 Å². The lowest BCUT2D eigenvalue weighted by Gasteiger charge is -2.29. The first-order valence-electron chi connectivity index (χ1n) is 16.2. The van der Waals surface area contributed by atoms with Crippen LogP contribution < -0.4 is 4.74 Å². The highest BCUT2D eigenvalue weighted by Gasteiger charge is 2.40.